The summed E-state index contributed by atoms with van der Waals surface area (Å²) in [5.41, 5.74) is 5.19. The lowest BCUT2D eigenvalue weighted by Crippen LogP contribution is -2.58. The van der Waals surface area contributed by atoms with E-state index in [1.807, 2.05) is 0 Å². The van der Waals surface area contributed by atoms with Crippen molar-refractivity contribution in [3.63, 3.8) is 0 Å². The van der Waals surface area contributed by atoms with Crippen LogP contribution in [0.5, 0.6) is 0 Å². The lowest BCUT2D eigenvalue weighted by Gasteiger charge is -2.34. The highest BCUT2D eigenvalue weighted by atomic mass is 32.2. The van der Waals surface area contributed by atoms with Gasteiger partial charge in [-0.2, -0.15) is 11.8 Å². The lowest BCUT2D eigenvalue weighted by atomic mass is 9.84. The number of rotatable bonds is 9. The van der Waals surface area contributed by atoms with Gasteiger partial charge in [-0.1, -0.05) is 6.42 Å². The highest BCUT2D eigenvalue weighted by Crippen LogP contribution is 2.40. The Hall–Kier alpha value is -0.300. The fraction of sp³-hybridized carbons (Fsp3) is 0.929. The largest absolute Gasteiger partial charge is 0.394 e. The number of amides is 1. The zero-order valence-electron chi connectivity index (χ0n) is 11.9. The van der Waals surface area contributed by atoms with Crippen LogP contribution < -0.4 is 11.1 Å². The molecule has 0 saturated heterocycles. The Balaban J connectivity index is 1.83. The number of carbonyl (C=O) groups excluding carboxylic acids is 1. The molecule has 0 bridgehead atoms. The van der Waals surface area contributed by atoms with E-state index in [9.17, 15) is 9.90 Å². The zero-order valence-corrected chi connectivity index (χ0v) is 12.7. The van der Waals surface area contributed by atoms with Crippen LogP contribution in [-0.4, -0.2) is 51.9 Å². The molecule has 0 heterocycles. The van der Waals surface area contributed by atoms with E-state index in [0.29, 0.717) is 17.7 Å². The van der Waals surface area contributed by atoms with Crippen LogP contribution in [0.3, 0.4) is 0 Å². The van der Waals surface area contributed by atoms with Gasteiger partial charge in [0.1, 0.15) is 5.54 Å². The average Bonchev–Trinajstić information content (AvgIpc) is 3.14. The molecule has 2 rings (SSSR count). The minimum Gasteiger partial charge on any atom is -0.394 e. The van der Waals surface area contributed by atoms with Crippen LogP contribution in [0.15, 0.2) is 0 Å². The first-order chi connectivity index (χ1) is 9.58. The third-order valence-corrected chi connectivity index (χ3v) is 5.58. The summed E-state index contributed by atoms with van der Waals surface area (Å²) in [6, 6.07) is 0.479. The van der Waals surface area contributed by atoms with Crippen LogP contribution in [0.4, 0.5) is 0 Å². The van der Waals surface area contributed by atoms with Crippen LogP contribution in [0.1, 0.15) is 38.5 Å². The molecule has 0 spiro atoms. The number of hydrogen-bond donors (Lipinski definition) is 4. The maximum absolute atomic E-state index is 12.0. The number of primary amides is 1. The molecule has 3 atom stereocenters. The molecule has 3 unspecified atom stereocenters. The molecule has 5 nitrogen and oxygen atoms in total. The molecule has 1 amide bonds. The van der Waals surface area contributed by atoms with Crippen molar-refractivity contribution in [2.24, 2.45) is 11.7 Å². The lowest BCUT2D eigenvalue weighted by molar-refractivity contribution is -0.126. The molecular formula is C14H26N2O3S. The Morgan fingerprint density at radius 1 is 1.45 bits per heavy atom. The molecule has 2 fully saturated rings. The number of aliphatic hydroxyl groups excluding tert-OH is 2. The van der Waals surface area contributed by atoms with E-state index in [2.05, 4.69) is 5.32 Å². The second kappa shape index (κ2) is 7.11. The van der Waals surface area contributed by atoms with Crippen LogP contribution in [0.2, 0.25) is 0 Å². The van der Waals surface area contributed by atoms with E-state index in [1.165, 1.54) is 0 Å². The minimum atomic E-state index is -0.644. The quantitative estimate of drug-likeness (QED) is 0.458. The van der Waals surface area contributed by atoms with Crippen molar-refractivity contribution in [3.8, 4) is 0 Å². The molecule has 5 N–H and O–H groups in total. The summed E-state index contributed by atoms with van der Waals surface area (Å²) >= 11 is 1.63. The van der Waals surface area contributed by atoms with Crippen molar-refractivity contribution >= 4 is 17.7 Å². The molecule has 0 aliphatic heterocycles. The number of hydrogen-bond acceptors (Lipinski definition) is 5. The molecular weight excluding hydrogens is 276 g/mol. The van der Waals surface area contributed by atoms with Gasteiger partial charge in [-0.15, -0.1) is 0 Å². The molecule has 20 heavy (non-hydrogen) atoms. The van der Waals surface area contributed by atoms with Gasteiger partial charge in [-0.25, -0.2) is 0 Å². The standard InChI is InChI=1S/C14H26N2O3S/c15-13(19)14(16-11-3-4-11)6-1-2-10(14)5-7-20-9-12(18)8-17/h10-12,16-18H,1-9H2,(H2,15,19). The predicted octanol–water partition coefficient (Wildman–Crippen LogP) is 0.239. The first-order valence-electron chi connectivity index (χ1n) is 7.52. The predicted molar refractivity (Wildman–Crippen MR) is 80.5 cm³/mol. The highest BCUT2D eigenvalue weighted by Gasteiger charge is 2.49. The minimum absolute atomic E-state index is 0.190. The highest BCUT2D eigenvalue weighted by molar-refractivity contribution is 7.99. The zero-order chi connectivity index (χ0) is 14.6. The Kier molecular flexibility index (Phi) is 5.72. The summed E-state index contributed by atoms with van der Waals surface area (Å²) in [5.74, 6) is 1.54. The van der Waals surface area contributed by atoms with E-state index in [0.717, 1.165) is 44.3 Å². The van der Waals surface area contributed by atoms with Gasteiger partial charge in [0, 0.05) is 11.8 Å². The van der Waals surface area contributed by atoms with Crippen LogP contribution in [-0.2, 0) is 4.79 Å². The Morgan fingerprint density at radius 2 is 2.20 bits per heavy atom. The van der Waals surface area contributed by atoms with Gasteiger partial charge >= 0.3 is 0 Å². The normalized spacial score (nSPS) is 31.4. The second-order valence-electron chi connectivity index (χ2n) is 6.04. The van der Waals surface area contributed by atoms with Gasteiger partial charge in [0.05, 0.1) is 12.7 Å². The summed E-state index contributed by atoms with van der Waals surface area (Å²) < 4.78 is 0. The molecule has 0 radical (unpaired) electrons. The Morgan fingerprint density at radius 3 is 2.80 bits per heavy atom. The molecule has 6 heteroatoms. The number of thioether (sulfide) groups is 1. The Labute approximate surface area is 124 Å². The monoisotopic (exact) mass is 302 g/mol. The van der Waals surface area contributed by atoms with E-state index in [4.69, 9.17) is 10.8 Å². The van der Waals surface area contributed by atoms with Gasteiger partial charge in [-0.05, 0) is 43.8 Å². The van der Waals surface area contributed by atoms with Crippen molar-refractivity contribution in [3.05, 3.63) is 0 Å². The third kappa shape index (κ3) is 3.87. The first-order valence-corrected chi connectivity index (χ1v) is 8.68. The molecule has 2 aliphatic rings. The first kappa shape index (κ1) is 16.1. The van der Waals surface area contributed by atoms with Crippen LogP contribution >= 0.6 is 11.8 Å². The molecule has 0 aromatic carbocycles. The smallest absolute Gasteiger partial charge is 0.238 e. The van der Waals surface area contributed by atoms with Crippen LogP contribution in [0, 0.1) is 5.92 Å². The van der Waals surface area contributed by atoms with Crippen molar-refractivity contribution in [1.29, 1.82) is 0 Å². The van der Waals surface area contributed by atoms with Gasteiger partial charge < -0.3 is 21.3 Å². The van der Waals surface area contributed by atoms with E-state index < -0.39 is 11.6 Å². The van der Waals surface area contributed by atoms with Crippen molar-refractivity contribution in [2.45, 2.75) is 56.2 Å². The fourth-order valence-corrected chi connectivity index (χ4v) is 4.14. The fourth-order valence-electron chi connectivity index (χ4n) is 3.14. The van der Waals surface area contributed by atoms with Gasteiger partial charge in [-0.3, -0.25) is 4.79 Å². The third-order valence-electron chi connectivity index (χ3n) is 4.43. The van der Waals surface area contributed by atoms with E-state index in [1.54, 1.807) is 11.8 Å². The maximum atomic E-state index is 12.0. The van der Waals surface area contributed by atoms with Crippen molar-refractivity contribution < 1.29 is 15.0 Å². The van der Waals surface area contributed by atoms with Crippen LogP contribution in [0.25, 0.3) is 0 Å². The van der Waals surface area contributed by atoms with E-state index >= 15 is 0 Å². The van der Waals surface area contributed by atoms with Gasteiger partial charge in [0.25, 0.3) is 0 Å². The summed E-state index contributed by atoms with van der Waals surface area (Å²) in [6.45, 7) is -0.190. The Bertz CT molecular complexity index is 338. The summed E-state index contributed by atoms with van der Waals surface area (Å²) in [4.78, 5) is 12.0. The molecule has 0 aromatic heterocycles. The number of aliphatic hydroxyl groups is 2. The summed E-state index contributed by atoms with van der Waals surface area (Å²) in [7, 11) is 0. The van der Waals surface area contributed by atoms with Gasteiger partial charge in [0.15, 0.2) is 0 Å². The van der Waals surface area contributed by atoms with E-state index in [-0.39, 0.29) is 12.5 Å². The van der Waals surface area contributed by atoms with Gasteiger partial charge in [0.2, 0.25) is 5.91 Å². The van der Waals surface area contributed by atoms with Crippen molar-refractivity contribution in [1.82, 2.24) is 5.32 Å². The maximum Gasteiger partial charge on any atom is 0.238 e. The summed E-state index contributed by atoms with van der Waals surface area (Å²) in [5, 5.41) is 21.6. The second-order valence-corrected chi connectivity index (χ2v) is 7.19. The number of carbonyl (C=O) groups is 1. The molecule has 116 valence electrons. The molecule has 0 aromatic rings. The number of nitrogens with two attached hydrogens (primary N) is 1. The number of nitrogens with one attached hydrogen (secondary N) is 1. The van der Waals surface area contributed by atoms with Crippen molar-refractivity contribution in [2.75, 3.05) is 18.1 Å². The SMILES string of the molecule is NC(=O)C1(NC2CC2)CCCC1CCSCC(O)CO. The molecule has 2 saturated carbocycles. The molecule has 2 aliphatic carbocycles. The average molecular weight is 302 g/mol. The topological polar surface area (TPSA) is 95.6 Å². The summed E-state index contributed by atoms with van der Waals surface area (Å²) in [6.07, 6.45) is 5.55.